The van der Waals surface area contributed by atoms with Crippen LogP contribution in [0.5, 0.6) is 0 Å². The number of hydrogen-bond donors (Lipinski definition) is 2. The lowest BCUT2D eigenvalue weighted by Crippen LogP contribution is -2.39. The van der Waals surface area contributed by atoms with Crippen molar-refractivity contribution in [2.75, 3.05) is 26.2 Å². The summed E-state index contributed by atoms with van der Waals surface area (Å²) in [6.45, 7) is 13.1. The first kappa shape index (κ1) is 14.4. The molecule has 0 aromatic carbocycles. The first-order valence-electron chi connectivity index (χ1n) is 5.24. The van der Waals surface area contributed by atoms with Crippen LogP contribution in [0.1, 0.15) is 40.5 Å². The fourth-order valence-corrected chi connectivity index (χ4v) is 0.604. The third kappa shape index (κ3) is 22.5. The van der Waals surface area contributed by atoms with Crippen LogP contribution in [-0.4, -0.2) is 26.2 Å². The summed E-state index contributed by atoms with van der Waals surface area (Å²) in [6, 6.07) is 0. The summed E-state index contributed by atoms with van der Waals surface area (Å²) >= 11 is 0. The van der Waals surface area contributed by atoms with Crippen molar-refractivity contribution >= 4 is 0 Å². The predicted molar refractivity (Wildman–Crippen MR) is 57.7 cm³/mol. The molecule has 1 aliphatic rings. The number of rotatable bonds is 0. The van der Waals surface area contributed by atoms with Gasteiger partial charge in [-0.1, -0.05) is 40.5 Å². The molecule has 1 fully saturated rings. The molecule has 1 heterocycles. The molecule has 0 spiro atoms. The van der Waals surface area contributed by atoms with E-state index >= 15 is 0 Å². The summed E-state index contributed by atoms with van der Waals surface area (Å²) < 4.78 is 0. The second-order valence-electron chi connectivity index (χ2n) is 2.91. The zero-order chi connectivity index (χ0) is 9.66. The fourth-order valence-electron chi connectivity index (χ4n) is 0.604. The van der Waals surface area contributed by atoms with Gasteiger partial charge < -0.3 is 10.6 Å². The molecule has 1 saturated heterocycles. The maximum atomic E-state index is 3.22. The van der Waals surface area contributed by atoms with E-state index in [4.69, 9.17) is 0 Å². The van der Waals surface area contributed by atoms with Crippen LogP contribution >= 0.6 is 0 Å². The highest BCUT2D eigenvalue weighted by Gasteiger charge is 1.91. The molecule has 76 valence electrons. The van der Waals surface area contributed by atoms with Crippen LogP contribution < -0.4 is 10.6 Å². The minimum atomic E-state index is 1.14. The third-order valence-electron chi connectivity index (χ3n) is 0.957. The van der Waals surface area contributed by atoms with Gasteiger partial charge in [-0.05, 0) is 0 Å². The van der Waals surface area contributed by atoms with E-state index in [0.29, 0.717) is 0 Å². The molecule has 0 atom stereocenters. The van der Waals surface area contributed by atoms with Gasteiger partial charge in [-0.3, -0.25) is 0 Å². The van der Waals surface area contributed by atoms with Gasteiger partial charge in [0, 0.05) is 26.2 Å². The Labute approximate surface area is 78.1 Å². The topological polar surface area (TPSA) is 24.1 Å². The van der Waals surface area contributed by atoms with E-state index < -0.39 is 0 Å². The molecule has 2 nitrogen and oxygen atoms in total. The van der Waals surface area contributed by atoms with Crippen molar-refractivity contribution in [2.24, 2.45) is 0 Å². The molecular formula is C10H26N2. The summed E-state index contributed by atoms with van der Waals surface area (Å²) in [6.07, 6.45) is 2.50. The minimum Gasteiger partial charge on any atom is -0.314 e. The lowest BCUT2D eigenvalue weighted by atomic mass is 10.4. The van der Waals surface area contributed by atoms with Gasteiger partial charge in [0.2, 0.25) is 0 Å². The first-order valence-corrected chi connectivity index (χ1v) is 5.24. The smallest absolute Gasteiger partial charge is 0.00772 e. The van der Waals surface area contributed by atoms with Crippen molar-refractivity contribution in [3.63, 3.8) is 0 Å². The Balaban J connectivity index is 0. The molecule has 0 radical (unpaired) electrons. The molecule has 2 N–H and O–H groups in total. The molecule has 0 bridgehead atoms. The molecule has 0 amide bonds. The number of nitrogens with one attached hydrogen (secondary N) is 2. The second-order valence-corrected chi connectivity index (χ2v) is 2.91. The van der Waals surface area contributed by atoms with Crippen LogP contribution in [0.4, 0.5) is 0 Å². The maximum Gasteiger partial charge on any atom is 0.00772 e. The van der Waals surface area contributed by atoms with E-state index in [-0.39, 0.29) is 0 Å². The van der Waals surface area contributed by atoms with E-state index in [9.17, 15) is 0 Å². The van der Waals surface area contributed by atoms with Gasteiger partial charge >= 0.3 is 0 Å². The van der Waals surface area contributed by atoms with Crippen molar-refractivity contribution in [1.29, 1.82) is 0 Å². The number of piperazine rings is 1. The molecular weight excluding hydrogens is 148 g/mol. The molecule has 1 rings (SSSR count). The van der Waals surface area contributed by atoms with Gasteiger partial charge in [0.25, 0.3) is 0 Å². The predicted octanol–water partition coefficient (Wildman–Crippen LogP) is 2.01. The molecule has 0 saturated carbocycles. The van der Waals surface area contributed by atoms with Crippen molar-refractivity contribution in [3.8, 4) is 0 Å². The summed E-state index contributed by atoms with van der Waals surface area (Å²) in [5, 5.41) is 6.44. The Morgan fingerprint density at radius 1 is 0.667 bits per heavy atom. The minimum absolute atomic E-state index is 1.14. The molecule has 2 heteroatoms. The monoisotopic (exact) mass is 174 g/mol. The van der Waals surface area contributed by atoms with Crippen molar-refractivity contribution in [3.05, 3.63) is 0 Å². The molecule has 12 heavy (non-hydrogen) atoms. The Morgan fingerprint density at radius 2 is 0.833 bits per heavy atom. The highest BCUT2D eigenvalue weighted by Crippen LogP contribution is 1.65. The van der Waals surface area contributed by atoms with E-state index in [2.05, 4.69) is 38.3 Å². The lowest BCUT2D eigenvalue weighted by molar-refractivity contribution is 0.534. The zero-order valence-corrected chi connectivity index (χ0v) is 9.24. The van der Waals surface area contributed by atoms with E-state index in [0.717, 1.165) is 26.2 Å². The van der Waals surface area contributed by atoms with Crippen LogP contribution in [0.2, 0.25) is 0 Å². The Bertz CT molecular complexity index is 38.3. The molecule has 1 aliphatic heterocycles. The van der Waals surface area contributed by atoms with E-state index in [1.165, 1.54) is 12.8 Å². The lowest BCUT2D eigenvalue weighted by Gasteiger charge is -2.11. The Hall–Kier alpha value is -0.0800. The van der Waals surface area contributed by atoms with Gasteiger partial charge in [0.1, 0.15) is 0 Å². The largest absolute Gasteiger partial charge is 0.314 e. The van der Waals surface area contributed by atoms with Crippen LogP contribution in [0.25, 0.3) is 0 Å². The first-order chi connectivity index (χ1) is 5.83. The van der Waals surface area contributed by atoms with Gasteiger partial charge in [-0.15, -0.1) is 0 Å². The number of hydrogen-bond acceptors (Lipinski definition) is 2. The Morgan fingerprint density at radius 3 is 0.917 bits per heavy atom. The highest BCUT2D eigenvalue weighted by molar-refractivity contribution is 4.59. The van der Waals surface area contributed by atoms with E-state index in [1.54, 1.807) is 0 Å². The Kier molecular flexibility index (Phi) is 20.6. The van der Waals surface area contributed by atoms with Crippen molar-refractivity contribution in [1.82, 2.24) is 10.6 Å². The van der Waals surface area contributed by atoms with Crippen LogP contribution in [0.15, 0.2) is 0 Å². The molecule has 0 aromatic heterocycles. The van der Waals surface area contributed by atoms with Gasteiger partial charge in [-0.2, -0.15) is 0 Å². The SMILES string of the molecule is C1CNCCN1.CCC.CCC. The maximum absolute atomic E-state index is 3.22. The normalized spacial score (nSPS) is 15.0. The van der Waals surface area contributed by atoms with Crippen molar-refractivity contribution < 1.29 is 0 Å². The molecule has 0 unspecified atom stereocenters. The summed E-state index contributed by atoms with van der Waals surface area (Å²) in [7, 11) is 0. The van der Waals surface area contributed by atoms with Gasteiger partial charge in [0.05, 0.1) is 0 Å². The van der Waals surface area contributed by atoms with Gasteiger partial charge in [0.15, 0.2) is 0 Å². The van der Waals surface area contributed by atoms with Gasteiger partial charge in [-0.25, -0.2) is 0 Å². The molecule has 0 aliphatic carbocycles. The second kappa shape index (κ2) is 17.1. The van der Waals surface area contributed by atoms with Crippen LogP contribution in [-0.2, 0) is 0 Å². The van der Waals surface area contributed by atoms with Crippen LogP contribution in [0, 0.1) is 0 Å². The van der Waals surface area contributed by atoms with Crippen molar-refractivity contribution in [2.45, 2.75) is 40.5 Å². The zero-order valence-electron chi connectivity index (χ0n) is 9.24. The quantitative estimate of drug-likeness (QED) is 0.587. The summed E-state index contributed by atoms with van der Waals surface area (Å²) in [5.74, 6) is 0. The fraction of sp³-hybridized carbons (Fsp3) is 1.00. The summed E-state index contributed by atoms with van der Waals surface area (Å²) in [4.78, 5) is 0. The average molecular weight is 174 g/mol. The molecule has 0 aromatic rings. The average Bonchev–Trinajstić information content (AvgIpc) is 2.10. The van der Waals surface area contributed by atoms with Crippen LogP contribution in [0.3, 0.4) is 0 Å². The highest BCUT2D eigenvalue weighted by atomic mass is 15.0. The third-order valence-corrected chi connectivity index (χ3v) is 0.957. The standard InChI is InChI=1S/C4H10N2.2C3H8/c1-2-6-4-3-5-1;2*1-3-2/h5-6H,1-4H2;2*3H2,1-2H3. The summed E-state index contributed by atoms with van der Waals surface area (Å²) in [5.41, 5.74) is 0. The van der Waals surface area contributed by atoms with E-state index in [1.807, 2.05) is 0 Å².